The SMILES string of the molecule is CCC(C)n1ccc(Cn2nnc(C(=O)O)c2C(C)C)n1. The maximum atomic E-state index is 11.2. The van der Waals surface area contributed by atoms with Crippen molar-refractivity contribution in [3.8, 4) is 0 Å². The molecule has 0 radical (unpaired) electrons. The lowest BCUT2D eigenvalue weighted by molar-refractivity contribution is 0.0688. The van der Waals surface area contributed by atoms with Gasteiger partial charge in [-0.15, -0.1) is 5.10 Å². The van der Waals surface area contributed by atoms with E-state index in [9.17, 15) is 4.79 Å². The van der Waals surface area contributed by atoms with Gasteiger partial charge in [0.25, 0.3) is 0 Å². The van der Waals surface area contributed by atoms with Crippen molar-refractivity contribution in [2.45, 2.75) is 52.6 Å². The minimum Gasteiger partial charge on any atom is -0.476 e. The minimum atomic E-state index is -1.05. The maximum absolute atomic E-state index is 11.2. The van der Waals surface area contributed by atoms with E-state index in [4.69, 9.17) is 5.11 Å². The van der Waals surface area contributed by atoms with E-state index < -0.39 is 5.97 Å². The lowest BCUT2D eigenvalue weighted by Crippen LogP contribution is -2.12. The molecule has 7 nitrogen and oxygen atoms in total. The highest BCUT2D eigenvalue weighted by Crippen LogP contribution is 2.19. The number of aromatic carboxylic acids is 1. The Morgan fingerprint density at radius 1 is 1.38 bits per heavy atom. The summed E-state index contributed by atoms with van der Waals surface area (Å²) in [4.78, 5) is 11.2. The Labute approximate surface area is 123 Å². The monoisotopic (exact) mass is 291 g/mol. The van der Waals surface area contributed by atoms with Crippen LogP contribution in [0.4, 0.5) is 0 Å². The third-order valence-corrected chi connectivity index (χ3v) is 3.54. The van der Waals surface area contributed by atoms with Crippen LogP contribution in [0.2, 0.25) is 0 Å². The van der Waals surface area contributed by atoms with Gasteiger partial charge in [0.1, 0.15) is 0 Å². The van der Waals surface area contributed by atoms with Crippen LogP contribution in [-0.2, 0) is 6.54 Å². The Morgan fingerprint density at radius 2 is 2.10 bits per heavy atom. The van der Waals surface area contributed by atoms with Crippen LogP contribution in [0.15, 0.2) is 12.3 Å². The molecule has 0 aromatic carbocycles. The average Bonchev–Trinajstić information content (AvgIpc) is 3.05. The van der Waals surface area contributed by atoms with Gasteiger partial charge >= 0.3 is 5.97 Å². The van der Waals surface area contributed by atoms with Crippen molar-refractivity contribution in [1.29, 1.82) is 0 Å². The highest BCUT2D eigenvalue weighted by Gasteiger charge is 2.22. The smallest absolute Gasteiger partial charge is 0.358 e. The van der Waals surface area contributed by atoms with E-state index in [0.29, 0.717) is 18.3 Å². The van der Waals surface area contributed by atoms with E-state index in [0.717, 1.165) is 12.1 Å². The zero-order chi connectivity index (χ0) is 15.6. The zero-order valence-electron chi connectivity index (χ0n) is 12.8. The first-order valence-electron chi connectivity index (χ1n) is 7.14. The summed E-state index contributed by atoms with van der Waals surface area (Å²) in [5.74, 6) is -1.02. The summed E-state index contributed by atoms with van der Waals surface area (Å²) in [6, 6.07) is 2.27. The molecule has 0 aliphatic rings. The van der Waals surface area contributed by atoms with Gasteiger partial charge in [0, 0.05) is 12.2 Å². The van der Waals surface area contributed by atoms with Gasteiger partial charge in [0.05, 0.1) is 17.9 Å². The number of hydrogen-bond acceptors (Lipinski definition) is 4. The van der Waals surface area contributed by atoms with Gasteiger partial charge in [0.15, 0.2) is 5.69 Å². The van der Waals surface area contributed by atoms with Crippen LogP contribution in [0.25, 0.3) is 0 Å². The fourth-order valence-corrected chi connectivity index (χ4v) is 2.21. The largest absolute Gasteiger partial charge is 0.476 e. The van der Waals surface area contributed by atoms with Gasteiger partial charge in [-0.1, -0.05) is 26.0 Å². The molecule has 2 heterocycles. The van der Waals surface area contributed by atoms with Gasteiger partial charge in [-0.25, -0.2) is 9.48 Å². The van der Waals surface area contributed by atoms with Crippen molar-refractivity contribution >= 4 is 5.97 Å². The number of carbonyl (C=O) groups is 1. The van der Waals surface area contributed by atoms with Gasteiger partial charge in [-0.3, -0.25) is 4.68 Å². The Morgan fingerprint density at radius 3 is 2.67 bits per heavy atom. The second kappa shape index (κ2) is 6.07. The summed E-state index contributed by atoms with van der Waals surface area (Å²) in [5.41, 5.74) is 1.49. The van der Waals surface area contributed by atoms with Crippen molar-refractivity contribution in [1.82, 2.24) is 24.8 Å². The summed E-state index contributed by atoms with van der Waals surface area (Å²) in [7, 11) is 0. The van der Waals surface area contributed by atoms with Crippen LogP contribution in [-0.4, -0.2) is 35.9 Å². The quantitative estimate of drug-likeness (QED) is 0.882. The predicted molar refractivity (Wildman–Crippen MR) is 77.4 cm³/mol. The molecule has 0 bridgehead atoms. The van der Waals surface area contributed by atoms with Gasteiger partial charge in [0.2, 0.25) is 0 Å². The third-order valence-electron chi connectivity index (χ3n) is 3.54. The van der Waals surface area contributed by atoms with E-state index in [1.54, 1.807) is 4.68 Å². The highest BCUT2D eigenvalue weighted by molar-refractivity contribution is 5.86. The van der Waals surface area contributed by atoms with E-state index in [1.165, 1.54) is 0 Å². The molecule has 2 aromatic rings. The molecule has 0 aliphatic heterocycles. The molecule has 1 atom stereocenters. The maximum Gasteiger partial charge on any atom is 0.358 e. The number of carboxylic acid groups (broad SMARTS) is 1. The van der Waals surface area contributed by atoms with Crippen molar-refractivity contribution < 1.29 is 9.90 Å². The molecule has 114 valence electrons. The Bertz CT molecular complexity index is 629. The van der Waals surface area contributed by atoms with Crippen LogP contribution in [0.3, 0.4) is 0 Å². The van der Waals surface area contributed by atoms with Crippen LogP contribution >= 0.6 is 0 Å². The first-order valence-corrected chi connectivity index (χ1v) is 7.14. The third kappa shape index (κ3) is 3.12. The van der Waals surface area contributed by atoms with Crippen LogP contribution in [0.1, 0.15) is 68.0 Å². The zero-order valence-corrected chi connectivity index (χ0v) is 12.8. The van der Waals surface area contributed by atoms with Crippen LogP contribution in [0.5, 0.6) is 0 Å². The fraction of sp³-hybridized carbons (Fsp3) is 0.571. The number of nitrogens with zero attached hydrogens (tertiary/aromatic N) is 5. The van der Waals surface area contributed by atoms with Crippen molar-refractivity contribution in [2.75, 3.05) is 0 Å². The molecule has 0 spiro atoms. The Kier molecular flexibility index (Phi) is 4.40. The molecule has 0 aliphatic carbocycles. The molecule has 21 heavy (non-hydrogen) atoms. The summed E-state index contributed by atoms with van der Waals surface area (Å²) in [6.07, 6.45) is 2.94. The summed E-state index contributed by atoms with van der Waals surface area (Å²) < 4.78 is 3.54. The molecule has 2 rings (SSSR count). The second-order valence-electron chi connectivity index (χ2n) is 5.49. The van der Waals surface area contributed by atoms with Gasteiger partial charge < -0.3 is 5.11 Å². The topological polar surface area (TPSA) is 85.8 Å². The normalized spacial score (nSPS) is 12.8. The minimum absolute atomic E-state index is 0.0198. The molecule has 1 unspecified atom stereocenters. The van der Waals surface area contributed by atoms with Gasteiger partial charge in [-0.05, 0) is 25.3 Å². The molecule has 2 aromatic heterocycles. The number of rotatable bonds is 6. The molecule has 7 heteroatoms. The second-order valence-corrected chi connectivity index (χ2v) is 5.49. The number of hydrogen-bond donors (Lipinski definition) is 1. The van der Waals surface area contributed by atoms with E-state index in [-0.39, 0.29) is 11.6 Å². The van der Waals surface area contributed by atoms with Crippen molar-refractivity contribution in [3.05, 3.63) is 29.3 Å². The predicted octanol–water partition coefficient (Wildman–Crippen LogP) is 2.32. The number of carboxylic acids is 1. The molecule has 0 amide bonds. The van der Waals surface area contributed by atoms with Crippen LogP contribution in [0, 0.1) is 0 Å². The standard InChI is InChI=1S/C14H21N5O2/c1-5-10(4)18-7-6-11(16-18)8-19-13(9(2)3)12(14(20)21)15-17-19/h6-7,9-10H,5,8H2,1-4H3,(H,20,21). The average molecular weight is 291 g/mol. The van der Waals surface area contributed by atoms with Crippen molar-refractivity contribution in [2.24, 2.45) is 0 Å². The number of aromatic nitrogens is 5. The van der Waals surface area contributed by atoms with E-state index in [1.807, 2.05) is 30.8 Å². The Balaban J connectivity index is 2.27. The fourth-order valence-electron chi connectivity index (χ4n) is 2.21. The lowest BCUT2D eigenvalue weighted by Gasteiger charge is -2.10. The van der Waals surface area contributed by atoms with Crippen LogP contribution < -0.4 is 0 Å². The highest BCUT2D eigenvalue weighted by atomic mass is 16.4. The molecule has 0 fully saturated rings. The Hall–Kier alpha value is -2.18. The van der Waals surface area contributed by atoms with E-state index >= 15 is 0 Å². The first-order chi connectivity index (χ1) is 9.93. The molecule has 1 N–H and O–H groups in total. The van der Waals surface area contributed by atoms with Gasteiger partial charge in [-0.2, -0.15) is 5.10 Å². The molecular weight excluding hydrogens is 270 g/mol. The molecule has 0 saturated heterocycles. The lowest BCUT2D eigenvalue weighted by atomic mass is 10.1. The summed E-state index contributed by atoms with van der Waals surface area (Å²) >= 11 is 0. The summed E-state index contributed by atoms with van der Waals surface area (Å²) in [5, 5.41) is 21.4. The van der Waals surface area contributed by atoms with Crippen molar-refractivity contribution in [3.63, 3.8) is 0 Å². The summed E-state index contributed by atoms with van der Waals surface area (Å²) in [6.45, 7) is 8.50. The molecule has 0 saturated carbocycles. The molecular formula is C14H21N5O2. The first kappa shape index (κ1) is 15.2. The van der Waals surface area contributed by atoms with E-state index in [2.05, 4.69) is 29.3 Å².